The first-order valence-electron chi connectivity index (χ1n) is 4.98. The van der Waals surface area contributed by atoms with E-state index < -0.39 is 0 Å². The summed E-state index contributed by atoms with van der Waals surface area (Å²) in [5, 5.41) is 0. The maximum Gasteiger partial charge on any atom is 0.159 e. The molecule has 0 aliphatic carbocycles. The van der Waals surface area contributed by atoms with E-state index in [2.05, 4.69) is 17.0 Å². The highest BCUT2D eigenvalue weighted by atomic mass is 16.1. The molecule has 2 rings (SSSR count). The zero-order chi connectivity index (χ0) is 10.2. The Morgan fingerprint density at radius 3 is 2.36 bits per heavy atom. The largest absolute Gasteiger partial charge is 0.359 e. The number of para-hydroxylation sites is 1. The molecule has 1 saturated heterocycles. The topological polar surface area (TPSA) is 20.3 Å². The van der Waals surface area contributed by atoms with Crippen molar-refractivity contribution in [2.45, 2.75) is 25.8 Å². The predicted octanol–water partition coefficient (Wildman–Crippen LogP) is 2.24. The third-order valence-corrected chi connectivity index (χ3v) is 2.99. The standard InChI is InChI=1S/C12H15NO/c1-12(2)11(14)8-9-13(12)10-6-4-3-5-7-10/h3-7H,8-9H2,1-2H3. The van der Waals surface area contributed by atoms with Gasteiger partial charge >= 0.3 is 0 Å². The molecule has 0 amide bonds. The maximum atomic E-state index is 11.6. The van der Waals surface area contributed by atoms with Crippen LogP contribution in [0.4, 0.5) is 5.69 Å². The molecule has 1 aromatic carbocycles. The summed E-state index contributed by atoms with van der Waals surface area (Å²) in [5.41, 5.74) is 0.810. The number of hydrogen-bond donors (Lipinski definition) is 0. The molecule has 0 N–H and O–H groups in total. The summed E-state index contributed by atoms with van der Waals surface area (Å²) in [6.45, 7) is 4.83. The summed E-state index contributed by atoms with van der Waals surface area (Å²) >= 11 is 0. The van der Waals surface area contributed by atoms with Gasteiger partial charge in [-0.15, -0.1) is 0 Å². The molecular formula is C12H15NO. The van der Waals surface area contributed by atoms with Gasteiger partial charge in [-0.1, -0.05) is 18.2 Å². The lowest BCUT2D eigenvalue weighted by Crippen LogP contribution is -2.42. The Kier molecular flexibility index (Phi) is 2.06. The molecule has 1 heterocycles. The quantitative estimate of drug-likeness (QED) is 0.675. The van der Waals surface area contributed by atoms with Gasteiger partial charge in [-0.25, -0.2) is 0 Å². The predicted molar refractivity (Wildman–Crippen MR) is 57.5 cm³/mol. The van der Waals surface area contributed by atoms with Gasteiger partial charge in [0.25, 0.3) is 0 Å². The van der Waals surface area contributed by atoms with E-state index in [-0.39, 0.29) is 5.54 Å². The third-order valence-electron chi connectivity index (χ3n) is 2.99. The van der Waals surface area contributed by atoms with E-state index in [1.807, 2.05) is 32.0 Å². The van der Waals surface area contributed by atoms with Gasteiger partial charge in [-0.05, 0) is 26.0 Å². The van der Waals surface area contributed by atoms with Gasteiger partial charge in [0.2, 0.25) is 0 Å². The van der Waals surface area contributed by atoms with Crippen LogP contribution in [0.1, 0.15) is 20.3 Å². The highest BCUT2D eigenvalue weighted by molar-refractivity contribution is 5.94. The van der Waals surface area contributed by atoms with Gasteiger partial charge in [0.05, 0.1) is 5.54 Å². The van der Waals surface area contributed by atoms with Crippen molar-refractivity contribution in [3.8, 4) is 0 Å². The van der Waals surface area contributed by atoms with Crippen molar-refractivity contribution < 1.29 is 4.79 Å². The van der Waals surface area contributed by atoms with Crippen LogP contribution in [0.3, 0.4) is 0 Å². The molecule has 0 atom stereocenters. The molecule has 1 aromatic rings. The second kappa shape index (κ2) is 3.12. The van der Waals surface area contributed by atoms with Crippen molar-refractivity contribution in [3.63, 3.8) is 0 Å². The van der Waals surface area contributed by atoms with Gasteiger partial charge in [0.1, 0.15) is 0 Å². The highest BCUT2D eigenvalue weighted by Crippen LogP contribution is 2.30. The van der Waals surface area contributed by atoms with Crippen LogP contribution < -0.4 is 4.90 Å². The molecule has 1 aliphatic heterocycles. The van der Waals surface area contributed by atoms with Crippen LogP contribution in [0.2, 0.25) is 0 Å². The van der Waals surface area contributed by atoms with Crippen molar-refractivity contribution >= 4 is 11.5 Å². The summed E-state index contributed by atoms with van der Waals surface area (Å²) in [7, 11) is 0. The van der Waals surface area contributed by atoms with E-state index in [1.165, 1.54) is 0 Å². The van der Waals surface area contributed by atoms with Crippen molar-refractivity contribution in [1.82, 2.24) is 0 Å². The summed E-state index contributed by atoms with van der Waals surface area (Å²) in [5.74, 6) is 0.335. The number of Topliss-reactive ketones (excluding diaryl/α,β-unsaturated/α-hetero) is 1. The van der Waals surface area contributed by atoms with Gasteiger partial charge in [0.15, 0.2) is 5.78 Å². The van der Waals surface area contributed by atoms with E-state index in [4.69, 9.17) is 0 Å². The minimum atomic E-state index is -0.332. The maximum absolute atomic E-state index is 11.6. The van der Waals surface area contributed by atoms with E-state index >= 15 is 0 Å². The molecule has 14 heavy (non-hydrogen) atoms. The zero-order valence-corrected chi connectivity index (χ0v) is 8.66. The van der Waals surface area contributed by atoms with Crippen LogP contribution in [-0.2, 0) is 4.79 Å². The Morgan fingerprint density at radius 1 is 1.21 bits per heavy atom. The molecule has 0 bridgehead atoms. The van der Waals surface area contributed by atoms with E-state index in [1.54, 1.807) is 0 Å². The summed E-state index contributed by atoms with van der Waals surface area (Å²) < 4.78 is 0. The Bertz CT molecular complexity index is 343. The fourth-order valence-corrected chi connectivity index (χ4v) is 2.01. The minimum absolute atomic E-state index is 0.332. The molecule has 0 unspecified atom stereocenters. The molecule has 74 valence electrons. The van der Waals surface area contributed by atoms with E-state index in [0.717, 1.165) is 12.2 Å². The summed E-state index contributed by atoms with van der Waals surface area (Å²) in [4.78, 5) is 13.8. The van der Waals surface area contributed by atoms with Gasteiger partial charge in [-0.3, -0.25) is 4.79 Å². The fraction of sp³-hybridized carbons (Fsp3) is 0.417. The second-order valence-electron chi connectivity index (χ2n) is 4.22. The first-order chi connectivity index (χ1) is 6.62. The van der Waals surface area contributed by atoms with Gasteiger partial charge in [0, 0.05) is 18.7 Å². The molecule has 1 aliphatic rings. The monoisotopic (exact) mass is 189 g/mol. The van der Waals surface area contributed by atoms with Crippen LogP contribution >= 0.6 is 0 Å². The molecule has 0 spiro atoms. The number of carbonyl (C=O) groups is 1. The summed E-state index contributed by atoms with van der Waals surface area (Å²) in [6, 6.07) is 10.1. The smallest absolute Gasteiger partial charge is 0.159 e. The summed E-state index contributed by atoms with van der Waals surface area (Å²) in [6.07, 6.45) is 0.669. The average Bonchev–Trinajstić information content (AvgIpc) is 2.44. The van der Waals surface area contributed by atoms with Crippen LogP contribution in [0.15, 0.2) is 30.3 Å². The molecule has 0 aromatic heterocycles. The van der Waals surface area contributed by atoms with Gasteiger partial charge < -0.3 is 4.90 Å². The van der Waals surface area contributed by atoms with Crippen molar-refractivity contribution in [3.05, 3.63) is 30.3 Å². The van der Waals surface area contributed by atoms with Gasteiger partial charge in [-0.2, -0.15) is 0 Å². The first kappa shape index (κ1) is 9.25. The lowest BCUT2D eigenvalue weighted by atomic mass is 10.00. The average molecular weight is 189 g/mol. The highest BCUT2D eigenvalue weighted by Gasteiger charge is 2.39. The second-order valence-corrected chi connectivity index (χ2v) is 4.22. The van der Waals surface area contributed by atoms with E-state index in [0.29, 0.717) is 12.2 Å². The van der Waals surface area contributed by atoms with Crippen LogP contribution in [0.5, 0.6) is 0 Å². The number of carbonyl (C=O) groups excluding carboxylic acids is 1. The molecule has 2 heteroatoms. The molecule has 1 fully saturated rings. The SMILES string of the molecule is CC1(C)C(=O)CCN1c1ccccc1. The Morgan fingerprint density at radius 2 is 1.86 bits per heavy atom. The molecule has 0 saturated carbocycles. The zero-order valence-electron chi connectivity index (χ0n) is 8.66. The number of hydrogen-bond acceptors (Lipinski definition) is 2. The number of anilines is 1. The molecule has 0 radical (unpaired) electrons. The van der Waals surface area contributed by atoms with Crippen molar-refractivity contribution in [1.29, 1.82) is 0 Å². The number of rotatable bonds is 1. The molecular weight excluding hydrogens is 174 g/mol. The Balaban J connectivity index is 2.33. The minimum Gasteiger partial charge on any atom is -0.359 e. The Hall–Kier alpha value is -1.31. The fourth-order valence-electron chi connectivity index (χ4n) is 2.01. The first-order valence-corrected chi connectivity index (χ1v) is 4.98. The molecule has 2 nitrogen and oxygen atoms in total. The number of benzene rings is 1. The van der Waals surface area contributed by atoms with Crippen molar-refractivity contribution in [2.75, 3.05) is 11.4 Å². The normalized spacial score (nSPS) is 20.1. The Labute approximate surface area is 84.5 Å². The van der Waals surface area contributed by atoms with Crippen molar-refractivity contribution in [2.24, 2.45) is 0 Å². The van der Waals surface area contributed by atoms with E-state index in [9.17, 15) is 4.79 Å². The third kappa shape index (κ3) is 1.31. The number of nitrogens with zero attached hydrogens (tertiary/aromatic N) is 1. The number of ketones is 1. The van der Waals surface area contributed by atoms with Crippen LogP contribution in [0, 0.1) is 0 Å². The lowest BCUT2D eigenvalue weighted by Gasteiger charge is -2.32. The van der Waals surface area contributed by atoms with Crippen LogP contribution in [-0.4, -0.2) is 17.9 Å². The lowest BCUT2D eigenvalue weighted by molar-refractivity contribution is -0.120. The van der Waals surface area contributed by atoms with Crippen LogP contribution in [0.25, 0.3) is 0 Å².